The van der Waals surface area contributed by atoms with E-state index in [0.717, 1.165) is 23.7 Å². The topological polar surface area (TPSA) is 66.0 Å². The molecule has 1 aromatic carbocycles. The third-order valence-corrected chi connectivity index (χ3v) is 2.76. The monoisotopic (exact) mass is 246 g/mol. The van der Waals surface area contributed by atoms with E-state index in [4.69, 9.17) is 10.5 Å². The highest BCUT2D eigenvalue weighted by Crippen LogP contribution is 2.23. The van der Waals surface area contributed by atoms with Gasteiger partial charge in [-0.05, 0) is 19.9 Å². The predicted octanol–water partition coefficient (Wildman–Crippen LogP) is 1.90. The molecule has 1 aromatic heterocycles. The average molecular weight is 246 g/mol. The number of rotatable bonds is 5. The predicted molar refractivity (Wildman–Crippen MR) is 69.1 cm³/mol. The van der Waals surface area contributed by atoms with Gasteiger partial charge in [0.25, 0.3) is 0 Å². The van der Waals surface area contributed by atoms with E-state index in [0.29, 0.717) is 6.61 Å². The lowest BCUT2D eigenvalue weighted by Crippen LogP contribution is -2.10. The van der Waals surface area contributed by atoms with Crippen molar-refractivity contribution in [3.8, 4) is 5.75 Å². The van der Waals surface area contributed by atoms with E-state index in [1.54, 1.807) is 6.33 Å². The van der Waals surface area contributed by atoms with Gasteiger partial charge in [0, 0.05) is 18.2 Å². The Hall–Kier alpha value is -1.88. The van der Waals surface area contributed by atoms with Crippen molar-refractivity contribution >= 4 is 0 Å². The second kappa shape index (κ2) is 5.64. The molecule has 0 aliphatic rings. The van der Waals surface area contributed by atoms with E-state index in [1.165, 1.54) is 0 Å². The average Bonchev–Trinajstić information content (AvgIpc) is 2.84. The van der Waals surface area contributed by atoms with E-state index in [1.807, 2.05) is 42.8 Å². The number of nitrogens with two attached hydrogens (primary N) is 1. The summed E-state index contributed by atoms with van der Waals surface area (Å²) in [7, 11) is 0. The second-order valence-corrected chi connectivity index (χ2v) is 4.11. The molecule has 2 N–H and O–H groups in total. The zero-order valence-corrected chi connectivity index (χ0v) is 10.7. The highest BCUT2D eigenvalue weighted by Gasteiger charge is 2.09. The minimum atomic E-state index is -0.0507. The number of benzene rings is 1. The first-order valence-electron chi connectivity index (χ1n) is 6.06. The Morgan fingerprint density at radius 2 is 2.17 bits per heavy atom. The third-order valence-electron chi connectivity index (χ3n) is 2.76. The fourth-order valence-electron chi connectivity index (χ4n) is 1.79. The number of nitrogens with zero attached hydrogens (tertiary/aromatic N) is 3. The molecule has 0 saturated heterocycles. The Kier molecular flexibility index (Phi) is 3.94. The van der Waals surface area contributed by atoms with Crippen LogP contribution in [0, 0.1) is 0 Å². The summed E-state index contributed by atoms with van der Waals surface area (Å²) in [5.41, 5.74) is 6.91. The Bertz CT molecular complexity index is 507. The van der Waals surface area contributed by atoms with Gasteiger partial charge in [0.15, 0.2) is 5.82 Å². The molecule has 0 fully saturated rings. The summed E-state index contributed by atoms with van der Waals surface area (Å²) in [5, 5.41) is 4.11. The number of hydrogen-bond donors (Lipinski definition) is 1. The summed E-state index contributed by atoms with van der Waals surface area (Å²) < 4.78 is 7.60. The third kappa shape index (κ3) is 2.68. The zero-order chi connectivity index (χ0) is 13.0. The van der Waals surface area contributed by atoms with Gasteiger partial charge in [0.1, 0.15) is 18.7 Å². The Labute approximate surface area is 107 Å². The largest absolute Gasteiger partial charge is 0.485 e. The van der Waals surface area contributed by atoms with Crippen LogP contribution in [0.5, 0.6) is 5.75 Å². The molecule has 0 spiro atoms. The molecule has 0 amide bonds. The maximum absolute atomic E-state index is 5.91. The second-order valence-electron chi connectivity index (χ2n) is 4.11. The highest BCUT2D eigenvalue weighted by molar-refractivity contribution is 5.35. The molecule has 0 aliphatic heterocycles. The van der Waals surface area contributed by atoms with Crippen LogP contribution in [0.2, 0.25) is 0 Å². The fraction of sp³-hybridized carbons (Fsp3) is 0.385. The first kappa shape index (κ1) is 12.6. The molecule has 18 heavy (non-hydrogen) atoms. The van der Waals surface area contributed by atoms with Crippen molar-refractivity contribution in [1.82, 2.24) is 14.8 Å². The van der Waals surface area contributed by atoms with Gasteiger partial charge >= 0.3 is 0 Å². The van der Waals surface area contributed by atoms with Crippen molar-refractivity contribution in [3.05, 3.63) is 42.0 Å². The summed E-state index contributed by atoms with van der Waals surface area (Å²) in [4.78, 5) is 4.17. The van der Waals surface area contributed by atoms with E-state index in [9.17, 15) is 0 Å². The molecule has 0 aliphatic carbocycles. The van der Waals surface area contributed by atoms with Crippen LogP contribution in [0.3, 0.4) is 0 Å². The SMILES string of the molecule is CCn1ncnc1COc1ccccc1C(C)N. The minimum absolute atomic E-state index is 0.0507. The van der Waals surface area contributed by atoms with Gasteiger partial charge in [0.05, 0.1) is 0 Å². The number of aryl methyl sites for hydroxylation is 1. The summed E-state index contributed by atoms with van der Waals surface area (Å²) in [6.07, 6.45) is 1.54. The van der Waals surface area contributed by atoms with Crippen molar-refractivity contribution < 1.29 is 4.74 Å². The molecule has 5 heteroatoms. The maximum atomic E-state index is 5.91. The lowest BCUT2D eigenvalue weighted by molar-refractivity contribution is 0.283. The number of hydrogen-bond acceptors (Lipinski definition) is 4. The van der Waals surface area contributed by atoms with Gasteiger partial charge in [-0.2, -0.15) is 5.10 Å². The summed E-state index contributed by atoms with van der Waals surface area (Å²) in [6.45, 7) is 5.15. The van der Waals surface area contributed by atoms with Gasteiger partial charge in [-0.15, -0.1) is 0 Å². The fourth-order valence-corrected chi connectivity index (χ4v) is 1.79. The Morgan fingerprint density at radius 1 is 1.39 bits per heavy atom. The molecule has 0 bridgehead atoms. The van der Waals surface area contributed by atoms with Crippen LogP contribution >= 0.6 is 0 Å². The molecule has 96 valence electrons. The lowest BCUT2D eigenvalue weighted by Gasteiger charge is -2.13. The molecular weight excluding hydrogens is 228 g/mol. The van der Waals surface area contributed by atoms with Crippen molar-refractivity contribution in [1.29, 1.82) is 0 Å². The van der Waals surface area contributed by atoms with Crippen molar-refractivity contribution in [2.45, 2.75) is 33.0 Å². The van der Waals surface area contributed by atoms with E-state index >= 15 is 0 Å². The minimum Gasteiger partial charge on any atom is -0.485 e. The van der Waals surface area contributed by atoms with Crippen LogP contribution in [0.15, 0.2) is 30.6 Å². The molecular formula is C13H18N4O. The molecule has 2 aromatic rings. The quantitative estimate of drug-likeness (QED) is 0.875. The van der Waals surface area contributed by atoms with E-state index < -0.39 is 0 Å². The first-order chi connectivity index (χ1) is 8.72. The van der Waals surface area contributed by atoms with Crippen LogP contribution in [0.25, 0.3) is 0 Å². The molecule has 1 atom stereocenters. The molecule has 1 heterocycles. The van der Waals surface area contributed by atoms with Gasteiger partial charge in [0.2, 0.25) is 0 Å². The molecule has 0 radical (unpaired) electrons. The smallest absolute Gasteiger partial charge is 0.164 e. The van der Waals surface area contributed by atoms with Crippen LogP contribution in [0.4, 0.5) is 0 Å². The van der Waals surface area contributed by atoms with Crippen molar-refractivity contribution in [2.75, 3.05) is 0 Å². The number of aromatic nitrogens is 3. The lowest BCUT2D eigenvalue weighted by atomic mass is 10.1. The van der Waals surface area contributed by atoms with Crippen molar-refractivity contribution in [2.24, 2.45) is 5.73 Å². The molecule has 5 nitrogen and oxygen atoms in total. The van der Waals surface area contributed by atoms with Crippen molar-refractivity contribution in [3.63, 3.8) is 0 Å². The maximum Gasteiger partial charge on any atom is 0.164 e. The van der Waals surface area contributed by atoms with Gasteiger partial charge in [-0.3, -0.25) is 0 Å². The molecule has 1 unspecified atom stereocenters. The van der Waals surface area contributed by atoms with Gasteiger partial charge in [-0.25, -0.2) is 9.67 Å². The van der Waals surface area contributed by atoms with Crippen LogP contribution in [-0.4, -0.2) is 14.8 Å². The standard InChI is InChI=1S/C13H18N4O/c1-3-17-13(15-9-16-17)8-18-12-7-5-4-6-11(12)10(2)14/h4-7,9-10H,3,8,14H2,1-2H3. The molecule has 2 rings (SSSR count). The zero-order valence-electron chi connectivity index (χ0n) is 10.7. The highest BCUT2D eigenvalue weighted by atomic mass is 16.5. The van der Waals surface area contributed by atoms with Gasteiger partial charge < -0.3 is 10.5 Å². The Balaban J connectivity index is 2.11. The summed E-state index contributed by atoms with van der Waals surface area (Å²) in [5.74, 6) is 1.62. The van der Waals surface area contributed by atoms with Crippen LogP contribution in [0.1, 0.15) is 31.3 Å². The van der Waals surface area contributed by atoms with E-state index in [2.05, 4.69) is 10.1 Å². The summed E-state index contributed by atoms with van der Waals surface area (Å²) in [6, 6.07) is 7.74. The Morgan fingerprint density at radius 3 is 2.89 bits per heavy atom. The number of ether oxygens (including phenoxy) is 1. The molecule has 0 saturated carbocycles. The summed E-state index contributed by atoms with van der Waals surface area (Å²) >= 11 is 0. The van der Waals surface area contributed by atoms with Crippen LogP contribution in [-0.2, 0) is 13.2 Å². The first-order valence-corrected chi connectivity index (χ1v) is 6.06. The van der Waals surface area contributed by atoms with E-state index in [-0.39, 0.29) is 6.04 Å². The van der Waals surface area contributed by atoms with Gasteiger partial charge in [-0.1, -0.05) is 18.2 Å². The normalized spacial score (nSPS) is 12.4. The number of para-hydroxylation sites is 1. The van der Waals surface area contributed by atoms with Crippen LogP contribution < -0.4 is 10.5 Å².